The molecule has 2 nitrogen and oxygen atoms in total. The number of hydrogen-bond donors (Lipinski definition) is 0. The Kier molecular flexibility index (Phi) is 3.78. The summed E-state index contributed by atoms with van der Waals surface area (Å²) in [6.45, 7) is 1.45. The van der Waals surface area contributed by atoms with Crippen molar-refractivity contribution in [2.75, 3.05) is 11.9 Å². The van der Waals surface area contributed by atoms with Crippen LogP contribution in [0.2, 0.25) is 0 Å². The van der Waals surface area contributed by atoms with Gasteiger partial charge in [-0.1, -0.05) is 15.9 Å². The van der Waals surface area contributed by atoms with Crippen LogP contribution in [0, 0.1) is 0 Å². The van der Waals surface area contributed by atoms with Crippen LogP contribution in [0.4, 0.5) is 8.78 Å². The molecule has 0 saturated heterocycles. The van der Waals surface area contributed by atoms with Crippen molar-refractivity contribution in [1.29, 1.82) is 0 Å². The molecule has 0 fully saturated rings. The molecule has 0 N–H and O–H groups in total. The predicted octanol–water partition coefficient (Wildman–Crippen LogP) is 1.58. The second kappa shape index (κ2) is 3.85. The van der Waals surface area contributed by atoms with Crippen molar-refractivity contribution in [2.24, 2.45) is 0 Å². The summed E-state index contributed by atoms with van der Waals surface area (Å²) in [6, 6.07) is 0. The highest BCUT2D eigenvalue weighted by atomic mass is 79.9. The second-order valence-corrected chi connectivity index (χ2v) is 2.12. The van der Waals surface area contributed by atoms with E-state index in [1.54, 1.807) is 0 Å². The minimum Gasteiger partial charge on any atom is -0.462 e. The lowest BCUT2D eigenvalue weighted by Gasteiger charge is -2.09. The SMILES string of the molecule is CCOC(=O)C(F)(F)CBr. The number of ether oxygens (including phenoxy) is 1. The predicted molar refractivity (Wildman–Crippen MR) is 35.4 cm³/mol. The van der Waals surface area contributed by atoms with Gasteiger partial charge in [0.15, 0.2) is 0 Å². The first-order valence-electron chi connectivity index (χ1n) is 2.65. The van der Waals surface area contributed by atoms with Crippen molar-refractivity contribution >= 4 is 21.9 Å². The zero-order chi connectivity index (χ0) is 8.20. The van der Waals surface area contributed by atoms with Crippen LogP contribution in [0.3, 0.4) is 0 Å². The van der Waals surface area contributed by atoms with E-state index in [1.165, 1.54) is 6.92 Å². The summed E-state index contributed by atoms with van der Waals surface area (Å²) in [7, 11) is 0. The number of carbonyl (C=O) groups is 1. The van der Waals surface area contributed by atoms with Crippen molar-refractivity contribution in [3.05, 3.63) is 0 Å². The summed E-state index contributed by atoms with van der Waals surface area (Å²) in [4.78, 5) is 10.3. The Hall–Kier alpha value is -0.190. The second-order valence-electron chi connectivity index (χ2n) is 1.56. The maximum atomic E-state index is 12.2. The van der Waals surface area contributed by atoms with E-state index in [4.69, 9.17) is 0 Å². The monoisotopic (exact) mass is 216 g/mol. The van der Waals surface area contributed by atoms with Gasteiger partial charge in [0, 0.05) is 0 Å². The van der Waals surface area contributed by atoms with Gasteiger partial charge >= 0.3 is 11.9 Å². The van der Waals surface area contributed by atoms with Gasteiger partial charge in [-0.15, -0.1) is 0 Å². The van der Waals surface area contributed by atoms with Gasteiger partial charge in [0.2, 0.25) is 0 Å². The molecule has 0 heterocycles. The molecule has 0 rings (SSSR count). The first-order valence-corrected chi connectivity index (χ1v) is 3.77. The van der Waals surface area contributed by atoms with E-state index >= 15 is 0 Å². The van der Waals surface area contributed by atoms with Gasteiger partial charge < -0.3 is 4.74 Å². The highest BCUT2D eigenvalue weighted by Gasteiger charge is 2.38. The summed E-state index contributed by atoms with van der Waals surface area (Å²) < 4.78 is 28.5. The molecule has 0 amide bonds. The largest absolute Gasteiger partial charge is 0.462 e. The van der Waals surface area contributed by atoms with Crippen molar-refractivity contribution in [2.45, 2.75) is 12.8 Å². The molecule has 0 saturated carbocycles. The smallest absolute Gasteiger partial charge is 0.377 e. The Labute approximate surface area is 65.7 Å². The molecular weight excluding hydrogens is 210 g/mol. The van der Waals surface area contributed by atoms with Gasteiger partial charge in [-0.05, 0) is 6.92 Å². The van der Waals surface area contributed by atoms with E-state index in [9.17, 15) is 13.6 Å². The molecule has 10 heavy (non-hydrogen) atoms. The molecule has 0 aromatic carbocycles. The van der Waals surface area contributed by atoms with Gasteiger partial charge in [0.05, 0.1) is 11.9 Å². The van der Waals surface area contributed by atoms with Gasteiger partial charge in [0.25, 0.3) is 0 Å². The van der Waals surface area contributed by atoms with Crippen LogP contribution in [0.25, 0.3) is 0 Å². The van der Waals surface area contributed by atoms with Gasteiger partial charge in [-0.25, -0.2) is 4.79 Å². The molecule has 60 valence electrons. The molecule has 0 unspecified atom stereocenters. The summed E-state index contributed by atoms with van der Waals surface area (Å²) in [6.07, 6.45) is 0. The Balaban J connectivity index is 3.91. The lowest BCUT2D eigenvalue weighted by Crippen LogP contribution is -2.32. The lowest BCUT2D eigenvalue weighted by molar-refractivity contribution is -0.167. The molecular formula is C5H7BrF2O2. The highest BCUT2D eigenvalue weighted by molar-refractivity contribution is 9.09. The van der Waals surface area contributed by atoms with Gasteiger partial charge in [-0.3, -0.25) is 0 Å². The highest BCUT2D eigenvalue weighted by Crippen LogP contribution is 2.17. The fourth-order valence-corrected chi connectivity index (χ4v) is 0.520. The third-order valence-corrected chi connectivity index (χ3v) is 1.45. The van der Waals surface area contributed by atoms with Crippen molar-refractivity contribution in [3.63, 3.8) is 0 Å². The molecule has 0 aromatic rings. The third-order valence-electron chi connectivity index (χ3n) is 0.742. The molecule has 0 aromatic heterocycles. The van der Waals surface area contributed by atoms with Crippen LogP contribution >= 0.6 is 15.9 Å². The van der Waals surface area contributed by atoms with E-state index in [2.05, 4.69) is 20.7 Å². The number of hydrogen-bond acceptors (Lipinski definition) is 2. The quantitative estimate of drug-likeness (QED) is 0.529. The Morgan fingerprint density at radius 3 is 2.50 bits per heavy atom. The molecule has 0 aliphatic rings. The van der Waals surface area contributed by atoms with Gasteiger partial charge in [0.1, 0.15) is 0 Å². The molecule has 0 radical (unpaired) electrons. The maximum absolute atomic E-state index is 12.2. The summed E-state index contributed by atoms with van der Waals surface area (Å²) in [5, 5.41) is -0.696. The zero-order valence-electron chi connectivity index (χ0n) is 5.36. The van der Waals surface area contributed by atoms with E-state index in [0.717, 1.165) is 0 Å². The zero-order valence-corrected chi connectivity index (χ0v) is 6.95. The third kappa shape index (κ3) is 2.60. The van der Waals surface area contributed by atoms with Crippen LogP contribution in [-0.4, -0.2) is 23.8 Å². The van der Waals surface area contributed by atoms with E-state index < -0.39 is 17.2 Å². The van der Waals surface area contributed by atoms with E-state index in [-0.39, 0.29) is 6.61 Å². The van der Waals surface area contributed by atoms with Crippen LogP contribution in [0.15, 0.2) is 0 Å². The Morgan fingerprint density at radius 1 is 1.70 bits per heavy atom. The summed E-state index contributed by atoms with van der Waals surface area (Å²) in [5.41, 5.74) is 0. The average Bonchev–Trinajstić information content (AvgIpc) is 1.89. The number of rotatable bonds is 3. The molecule has 0 spiro atoms. The molecule has 0 aliphatic carbocycles. The molecule has 0 bridgehead atoms. The number of alkyl halides is 3. The minimum atomic E-state index is -3.39. The normalized spacial score (nSPS) is 11.2. The van der Waals surface area contributed by atoms with Crippen LogP contribution in [0.1, 0.15) is 6.92 Å². The van der Waals surface area contributed by atoms with Crippen LogP contribution in [-0.2, 0) is 9.53 Å². The van der Waals surface area contributed by atoms with E-state index in [0.29, 0.717) is 0 Å². The van der Waals surface area contributed by atoms with Crippen molar-refractivity contribution in [1.82, 2.24) is 0 Å². The average molecular weight is 217 g/mol. The van der Waals surface area contributed by atoms with Crippen molar-refractivity contribution < 1.29 is 18.3 Å². The van der Waals surface area contributed by atoms with Crippen molar-refractivity contribution in [3.8, 4) is 0 Å². The molecule has 5 heteroatoms. The number of esters is 1. The van der Waals surface area contributed by atoms with Crippen LogP contribution < -0.4 is 0 Å². The fourth-order valence-electron chi connectivity index (χ4n) is 0.291. The number of halogens is 3. The summed E-state index contributed by atoms with van der Waals surface area (Å²) >= 11 is 2.49. The lowest BCUT2D eigenvalue weighted by atomic mass is 10.4. The Morgan fingerprint density at radius 2 is 2.20 bits per heavy atom. The van der Waals surface area contributed by atoms with E-state index in [1.807, 2.05) is 0 Å². The topological polar surface area (TPSA) is 26.3 Å². The Bertz CT molecular complexity index is 127. The fraction of sp³-hybridized carbons (Fsp3) is 0.800. The standard InChI is InChI=1S/C5H7BrF2O2/c1-2-10-4(9)5(7,8)3-6/h2-3H2,1H3. The first-order chi connectivity index (χ1) is 4.54. The number of carbonyl (C=O) groups excluding carboxylic acids is 1. The van der Waals surface area contributed by atoms with Gasteiger partial charge in [-0.2, -0.15) is 8.78 Å². The molecule has 0 atom stereocenters. The maximum Gasteiger partial charge on any atom is 0.377 e. The molecule has 0 aliphatic heterocycles. The summed E-state index contributed by atoms with van der Waals surface area (Å²) in [5.74, 6) is -4.87. The van der Waals surface area contributed by atoms with Crippen LogP contribution in [0.5, 0.6) is 0 Å². The first kappa shape index (κ1) is 9.81. The minimum absolute atomic E-state index is 0.0264.